The molecule has 33 heavy (non-hydrogen) atoms. The van der Waals surface area contributed by atoms with Crippen molar-refractivity contribution in [2.24, 2.45) is 10.7 Å². The first-order valence-electron chi connectivity index (χ1n) is 10.9. The first kappa shape index (κ1) is 26.9. The second kappa shape index (κ2) is 13.4. The number of aromatic nitrogens is 2. The highest BCUT2D eigenvalue weighted by Crippen LogP contribution is 2.36. The Morgan fingerprint density at radius 2 is 2.15 bits per heavy atom. The molecule has 0 radical (unpaired) electrons. The Hall–Kier alpha value is -2.30. The molecule has 2 rings (SSSR count). The minimum Gasteiger partial charge on any atom is -0.494 e. The minimum atomic E-state index is -0.374. The molecule has 0 atom stereocenters. The van der Waals surface area contributed by atoms with E-state index in [2.05, 4.69) is 33.6 Å². The molecule has 180 valence electrons. The molecule has 0 aliphatic rings. The molecule has 0 unspecified atom stereocenters. The number of nitrogens with zero attached hydrogens (tertiary/aromatic N) is 3. The number of benzene rings is 1. The first-order chi connectivity index (χ1) is 15.8. The molecule has 0 fully saturated rings. The van der Waals surface area contributed by atoms with Crippen LogP contribution >= 0.6 is 27.7 Å². The summed E-state index contributed by atoms with van der Waals surface area (Å²) in [5, 5.41) is 10.7. The van der Waals surface area contributed by atoms with Gasteiger partial charge in [-0.05, 0) is 66.7 Å². The Morgan fingerprint density at radius 1 is 1.39 bits per heavy atom. The van der Waals surface area contributed by atoms with Gasteiger partial charge in [-0.1, -0.05) is 31.7 Å². The molecule has 1 heterocycles. The Bertz CT molecular complexity index is 1100. The number of nitrogens with two attached hydrogens (primary N) is 1. The predicted molar refractivity (Wildman–Crippen MR) is 136 cm³/mol. The normalized spacial score (nSPS) is 12.3. The number of halogens is 1. The topological polar surface area (TPSA) is 115 Å². The third-order valence-corrected chi connectivity index (χ3v) is 6.80. The largest absolute Gasteiger partial charge is 0.494 e. The number of rotatable bonds is 12. The van der Waals surface area contributed by atoms with Gasteiger partial charge in [0.15, 0.2) is 11.0 Å². The van der Waals surface area contributed by atoms with Crippen molar-refractivity contribution >= 4 is 52.2 Å². The van der Waals surface area contributed by atoms with E-state index in [1.165, 1.54) is 11.8 Å². The number of hydroxylamine groups is 1. The number of unbranched alkanes of at least 4 members (excludes halogenated alkanes) is 2. The minimum absolute atomic E-state index is 0.287. The smallest absolute Gasteiger partial charge is 0.243 e. The van der Waals surface area contributed by atoms with Crippen LogP contribution in [0.1, 0.15) is 51.5 Å². The van der Waals surface area contributed by atoms with Crippen molar-refractivity contribution in [3.05, 3.63) is 32.9 Å². The number of hydrogen-bond acceptors (Lipinski definition) is 7. The van der Waals surface area contributed by atoms with E-state index in [1.54, 1.807) is 11.7 Å². The summed E-state index contributed by atoms with van der Waals surface area (Å²) < 4.78 is 8.65. The first-order valence-corrected chi connectivity index (χ1v) is 12.5. The summed E-state index contributed by atoms with van der Waals surface area (Å²) in [4.78, 5) is 21.3. The molecule has 0 saturated heterocycles. The van der Waals surface area contributed by atoms with Gasteiger partial charge in [0, 0.05) is 28.5 Å². The van der Waals surface area contributed by atoms with Crippen LogP contribution in [0.4, 0.5) is 0 Å². The zero-order valence-electron chi connectivity index (χ0n) is 19.4. The number of nitrogens with one attached hydrogen (secondary N) is 1. The van der Waals surface area contributed by atoms with Crippen LogP contribution < -0.4 is 26.6 Å². The predicted octanol–water partition coefficient (Wildman–Crippen LogP) is 3.49. The molecular formula is C23H32BrN5O3S. The lowest BCUT2D eigenvalue weighted by Crippen LogP contribution is -2.32. The fourth-order valence-electron chi connectivity index (χ4n) is 3.14. The quantitative estimate of drug-likeness (QED) is 0.165. The van der Waals surface area contributed by atoms with E-state index < -0.39 is 0 Å². The number of carbonyl (C=O) groups is 1. The second-order valence-corrected chi connectivity index (χ2v) is 9.24. The maximum atomic E-state index is 11.2. The highest BCUT2D eigenvalue weighted by atomic mass is 79.9. The Kier molecular flexibility index (Phi) is 11.0. The summed E-state index contributed by atoms with van der Waals surface area (Å²) in [7, 11) is 0. The molecule has 1 amide bonds. The van der Waals surface area contributed by atoms with Crippen molar-refractivity contribution in [3.63, 3.8) is 0 Å². The molecule has 1 aromatic heterocycles. The number of aliphatic imine (C=N–C) groups is 1. The van der Waals surface area contributed by atoms with Gasteiger partial charge >= 0.3 is 0 Å². The molecule has 0 saturated carbocycles. The van der Waals surface area contributed by atoms with Gasteiger partial charge in [0.1, 0.15) is 11.1 Å². The van der Waals surface area contributed by atoms with E-state index in [0.717, 1.165) is 45.1 Å². The zero-order valence-corrected chi connectivity index (χ0v) is 21.8. The Morgan fingerprint density at radius 3 is 2.82 bits per heavy atom. The average molecular weight is 539 g/mol. The number of hydrogen-bond donors (Lipinski definition) is 3. The molecular weight excluding hydrogens is 506 g/mol. The Balaban J connectivity index is 2.35. The molecule has 10 heteroatoms. The average Bonchev–Trinajstić information content (AvgIpc) is 3.10. The fraction of sp³-hybridized carbons (Fsp3) is 0.435. The fourth-order valence-corrected chi connectivity index (χ4v) is 4.74. The number of amides is 1. The van der Waals surface area contributed by atoms with Crippen LogP contribution in [0.2, 0.25) is 0 Å². The summed E-state index contributed by atoms with van der Waals surface area (Å²) >= 11 is 5.17. The van der Waals surface area contributed by atoms with E-state index in [1.807, 2.05) is 31.4 Å². The van der Waals surface area contributed by atoms with Crippen LogP contribution in [-0.4, -0.2) is 33.5 Å². The second-order valence-electron chi connectivity index (χ2n) is 7.38. The Labute approximate surface area is 207 Å². The lowest BCUT2D eigenvalue weighted by atomic mass is 10.2. The third-order valence-electron chi connectivity index (χ3n) is 4.83. The number of ether oxygens (including phenoxy) is 1. The lowest BCUT2D eigenvalue weighted by molar-refractivity contribution is -0.129. The lowest BCUT2D eigenvalue weighted by Gasteiger charge is -2.12. The van der Waals surface area contributed by atoms with E-state index in [-0.39, 0.29) is 12.3 Å². The highest BCUT2D eigenvalue weighted by molar-refractivity contribution is 9.10. The van der Waals surface area contributed by atoms with Crippen LogP contribution in [0.25, 0.3) is 12.4 Å². The third kappa shape index (κ3) is 7.62. The molecule has 8 nitrogen and oxygen atoms in total. The van der Waals surface area contributed by atoms with Gasteiger partial charge in [-0.2, -0.15) is 0 Å². The molecule has 4 N–H and O–H groups in total. The molecule has 0 spiro atoms. The maximum absolute atomic E-state index is 11.2. The van der Waals surface area contributed by atoms with Gasteiger partial charge in [-0.15, -0.1) is 0 Å². The monoisotopic (exact) mass is 537 g/mol. The van der Waals surface area contributed by atoms with Crippen LogP contribution in [0.3, 0.4) is 0 Å². The number of aryl methyl sites for hydroxylation is 1. The maximum Gasteiger partial charge on any atom is 0.243 e. The van der Waals surface area contributed by atoms with Gasteiger partial charge < -0.3 is 15.0 Å². The molecule has 2 aromatic rings. The van der Waals surface area contributed by atoms with E-state index in [4.69, 9.17) is 20.7 Å². The summed E-state index contributed by atoms with van der Waals surface area (Å²) in [6.45, 7) is 11.5. The van der Waals surface area contributed by atoms with Crippen molar-refractivity contribution in [2.75, 3.05) is 6.61 Å². The molecule has 0 aliphatic heterocycles. The van der Waals surface area contributed by atoms with Crippen molar-refractivity contribution in [1.29, 1.82) is 0 Å². The SMILES string of the molecule is C=c1/c(=C(/N)N=CCC)nc(Sc2cc(C)c(OCC)cc2Br)n1CCCCCC(=O)NO. The standard InChI is InChI=1S/C23H32BrN5O3S/c1-5-11-26-22(25)21-16(4)29(12-9-7-8-10-20(30)28-31)23(27-21)33-19-13-15(3)18(32-6-2)14-17(19)24/h11,13-14,31H,4-10,12,25H2,1-3H3,(H,28,30)/b22-21+,26-11?. The summed E-state index contributed by atoms with van der Waals surface area (Å²) in [6.07, 6.45) is 5.14. The molecule has 1 aromatic carbocycles. The van der Waals surface area contributed by atoms with Crippen LogP contribution in [0.15, 0.2) is 31.6 Å². The van der Waals surface area contributed by atoms with Gasteiger partial charge in [0.2, 0.25) is 5.91 Å². The van der Waals surface area contributed by atoms with E-state index in [9.17, 15) is 4.79 Å². The molecule has 0 bridgehead atoms. The van der Waals surface area contributed by atoms with Crippen molar-refractivity contribution in [2.45, 2.75) is 69.5 Å². The van der Waals surface area contributed by atoms with Crippen molar-refractivity contribution < 1.29 is 14.7 Å². The van der Waals surface area contributed by atoms with Crippen LogP contribution in [0, 0.1) is 6.92 Å². The van der Waals surface area contributed by atoms with Crippen molar-refractivity contribution in [1.82, 2.24) is 15.0 Å². The van der Waals surface area contributed by atoms with Gasteiger partial charge in [0.05, 0.1) is 12.0 Å². The zero-order chi connectivity index (χ0) is 24.4. The highest BCUT2D eigenvalue weighted by Gasteiger charge is 2.14. The van der Waals surface area contributed by atoms with E-state index in [0.29, 0.717) is 36.1 Å². The number of imidazole rings is 1. The summed E-state index contributed by atoms with van der Waals surface area (Å²) in [5.74, 6) is 0.805. The molecule has 0 aliphatic carbocycles. The van der Waals surface area contributed by atoms with E-state index >= 15 is 0 Å². The van der Waals surface area contributed by atoms with Gasteiger partial charge in [0.25, 0.3) is 0 Å². The number of carbonyl (C=O) groups excluding carboxylic acids is 1. The summed E-state index contributed by atoms with van der Waals surface area (Å²) in [6, 6.07) is 4.04. The summed E-state index contributed by atoms with van der Waals surface area (Å²) in [5.41, 5.74) is 8.89. The van der Waals surface area contributed by atoms with Gasteiger partial charge in [-0.25, -0.2) is 15.5 Å². The van der Waals surface area contributed by atoms with Crippen LogP contribution in [0.5, 0.6) is 5.75 Å². The van der Waals surface area contributed by atoms with Crippen LogP contribution in [-0.2, 0) is 11.3 Å². The van der Waals surface area contributed by atoms with Gasteiger partial charge in [-0.3, -0.25) is 10.0 Å². The van der Waals surface area contributed by atoms with Crippen molar-refractivity contribution in [3.8, 4) is 5.75 Å².